The largest absolute Gasteiger partial charge is 0.319 e. The van der Waals surface area contributed by atoms with Crippen LogP contribution < -0.4 is 5.32 Å². The van der Waals surface area contributed by atoms with Crippen LogP contribution in [0.1, 0.15) is 37.0 Å². The zero-order valence-corrected chi connectivity index (χ0v) is 11.4. The summed E-state index contributed by atoms with van der Waals surface area (Å²) in [6, 6.07) is 7.15. The van der Waals surface area contributed by atoms with Gasteiger partial charge >= 0.3 is 0 Å². The van der Waals surface area contributed by atoms with E-state index in [1.165, 1.54) is 31.2 Å². The third-order valence-corrected chi connectivity index (χ3v) is 4.07. The molecule has 0 radical (unpaired) electrons. The first-order chi connectivity index (χ1) is 8.20. The number of nitrogens with one attached hydrogen (secondary N) is 1. The van der Waals surface area contributed by atoms with Gasteiger partial charge in [0.1, 0.15) is 0 Å². The quantitative estimate of drug-likeness (QED) is 0.820. The first kappa shape index (κ1) is 12.6. The van der Waals surface area contributed by atoms with Gasteiger partial charge in [0, 0.05) is 0 Å². The minimum atomic E-state index is 0.746. The monoisotopic (exact) mass is 231 g/mol. The second-order valence-electron chi connectivity index (χ2n) is 5.72. The molecule has 1 nitrogen and oxygen atoms in total. The Morgan fingerprint density at radius 3 is 2.65 bits per heavy atom. The first-order valence-corrected chi connectivity index (χ1v) is 6.96. The first-order valence-electron chi connectivity index (χ1n) is 6.96. The fourth-order valence-electron chi connectivity index (χ4n) is 2.86. The highest BCUT2D eigenvalue weighted by atomic mass is 14.8. The van der Waals surface area contributed by atoms with Crippen molar-refractivity contribution >= 4 is 0 Å². The number of hydrogen-bond acceptors (Lipinski definition) is 1. The molecule has 0 aromatic heterocycles. The average Bonchev–Trinajstić information content (AvgIpc) is 2.75. The van der Waals surface area contributed by atoms with Crippen LogP contribution >= 0.6 is 0 Å². The predicted octanol–water partition coefficient (Wildman–Crippen LogP) is 3.21. The molecule has 1 N–H and O–H groups in total. The third kappa shape index (κ3) is 3.10. The Labute approximate surface area is 106 Å². The summed E-state index contributed by atoms with van der Waals surface area (Å²) in [6.07, 6.45) is 5.15. The van der Waals surface area contributed by atoms with E-state index in [-0.39, 0.29) is 0 Å². The van der Waals surface area contributed by atoms with Crippen LogP contribution in [0.3, 0.4) is 0 Å². The van der Waals surface area contributed by atoms with Crippen molar-refractivity contribution in [2.24, 2.45) is 11.8 Å². The third-order valence-electron chi connectivity index (χ3n) is 4.07. The van der Waals surface area contributed by atoms with Crippen LogP contribution in [0.2, 0.25) is 0 Å². The standard InChI is InChI=1S/C16H25N/c1-12(2)16(11-17-3)10-13-7-8-14-5-4-6-15(14)9-13/h7-9,12,16-17H,4-6,10-11H2,1-3H3. The van der Waals surface area contributed by atoms with Gasteiger partial charge in [-0.05, 0) is 67.8 Å². The summed E-state index contributed by atoms with van der Waals surface area (Å²) in [5, 5.41) is 3.32. The van der Waals surface area contributed by atoms with Crippen LogP contribution in [-0.2, 0) is 19.3 Å². The maximum atomic E-state index is 3.32. The summed E-state index contributed by atoms with van der Waals surface area (Å²) in [5.41, 5.74) is 4.72. The molecule has 1 aromatic rings. The lowest BCUT2D eigenvalue weighted by Gasteiger charge is -2.21. The van der Waals surface area contributed by atoms with Gasteiger partial charge in [0.2, 0.25) is 0 Å². The van der Waals surface area contributed by atoms with E-state index < -0.39 is 0 Å². The SMILES string of the molecule is CNCC(Cc1ccc2c(c1)CCC2)C(C)C. The minimum Gasteiger partial charge on any atom is -0.319 e. The molecule has 94 valence electrons. The molecular weight excluding hydrogens is 206 g/mol. The number of hydrogen-bond donors (Lipinski definition) is 1. The fourth-order valence-corrected chi connectivity index (χ4v) is 2.86. The highest BCUT2D eigenvalue weighted by Crippen LogP contribution is 2.25. The van der Waals surface area contributed by atoms with Crippen LogP contribution in [0.25, 0.3) is 0 Å². The summed E-state index contributed by atoms with van der Waals surface area (Å²) in [5.74, 6) is 1.50. The van der Waals surface area contributed by atoms with E-state index in [2.05, 4.69) is 44.4 Å². The molecular formula is C16H25N. The van der Waals surface area contributed by atoms with E-state index in [1.807, 2.05) is 0 Å². The van der Waals surface area contributed by atoms with Gasteiger partial charge in [-0.25, -0.2) is 0 Å². The number of fused-ring (bicyclic) bond motifs is 1. The molecule has 0 saturated heterocycles. The van der Waals surface area contributed by atoms with E-state index in [4.69, 9.17) is 0 Å². The molecule has 1 aliphatic rings. The maximum absolute atomic E-state index is 3.32. The molecule has 0 heterocycles. The Hall–Kier alpha value is -0.820. The van der Waals surface area contributed by atoms with Crippen molar-refractivity contribution in [3.63, 3.8) is 0 Å². The summed E-state index contributed by atoms with van der Waals surface area (Å²) < 4.78 is 0. The Morgan fingerprint density at radius 1 is 1.18 bits per heavy atom. The highest BCUT2D eigenvalue weighted by molar-refractivity contribution is 5.35. The van der Waals surface area contributed by atoms with Crippen molar-refractivity contribution in [3.8, 4) is 0 Å². The summed E-state index contributed by atoms with van der Waals surface area (Å²) in [7, 11) is 2.05. The number of aryl methyl sites for hydroxylation is 2. The molecule has 0 spiro atoms. The van der Waals surface area contributed by atoms with Gasteiger partial charge < -0.3 is 5.32 Å². The smallest absolute Gasteiger partial charge is 0.00179 e. The van der Waals surface area contributed by atoms with Gasteiger partial charge in [-0.15, -0.1) is 0 Å². The van der Waals surface area contributed by atoms with Crippen molar-refractivity contribution in [1.82, 2.24) is 5.32 Å². The maximum Gasteiger partial charge on any atom is -0.00179 e. The molecule has 1 aromatic carbocycles. The van der Waals surface area contributed by atoms with Crippen LogP contribution in [0.5, 0.6) is 0 Å². The zero-order valence-electron chi connectivity index (χ0n) is 11.4. The molecule has 0 saturated carbocycles. The molecule has 0 bridgehead atoms. The fraction of sp³-hybridized carbons (Fsp3) is 0.625. The van der Waals surface area contributed by atoms with Crippen LogP contribution in [0.15, 0.2) is 18.2 Å². The molecule has 0 amide bonds. The molecule has 1 heteroatoms. The summed E-state index contributed by atoms with van der Waals surface area (Å²) in [6.45, 7) is 5.78. The highest BCUT2D eigenvalue weighted by Gasteiger charge is 2.15. The molecule has 1 aliphatic carbocycles. The van der Waals surface area contributed by atoms with Gasteiger partial charge in [-0.3, -0.25) is 0 Å². The zero-order chi connectivity index (χ0) is 12.3. The Morgan fingerprint density at radius 2 is 1.94 bits per heavy atom. The van der Waals surface area contributed by atoms with Crippen LogP contribution in [0.4, 0.5) is 0 Å². The van der Waals surface area contributed by atoms with E-state index >= 15 is 0 Å². The van der Waals surface area contributed by atoms with Crippen molar-refractivity contribution in [2.75, 3.05) is 13.6 Å². The molecule has 2 rings (SSSR count). The van der Waals surface area contributed by atoms with E-state index in [9.17, 15) is 0 Å². The summed E-state index contributed by atoms with van der Waals surface area (Å²) >= 11 is 0. The van der Waals surface area contributed by atoms with Gasteiger partial charge in [0.15, 0.2) is 0 Å². The molecule has 1 unspecified atom stereocenters. The second-order valence-corrected chi connectivity index (χ2v) is 5.72. The Kier molecular flexibility index (Phi) is 4.22. The van der Waals surface area contributed by atoms with Crippen molar-refractivity contribution < 1.29 is 0 Å². The lowest BCUT2D eigenvalue weighted by molar-refractivity contribution is 0.370. The molecule has 0 aliphatic heterocycles. The van der Waals surface area contributed by atoms with Gasteiger partial charge in [0.05, 0.1) is 0 Å². The minimum absolute atomic E-state index is 0.746. The lowest BCUT2D eigenvalue weighted by atomic mass is 9.88. The molecule has 0 fully saturated rings. The van der Waals surface area contributed by atoms with Gasteiger partial charge in [0.25, 0.3) is 0 Å². The molecule has 17 heavy (non-hydrogen) atoms. The summed E-state index contributed by atoms with van der Waals surface area (Å²) in [4.78, 5) is 0. The lowest BCUT2D eigenvalue weighted by Crippen LogP contribution is -2.25. The normalized spacial score (nSPS) is 16.2. The van der Waals surface area contributed by atoms with Gasteiger partial charge in [-0.2, -0.15) is 0 Å². The Bertz CT molecular complexity index is 368. The average molecular weight is 231 g/mol. The van der Waals surface area contributed by atoms with Crippen molar-refractivity contribution in [3.05, 3.63) is 34.9 Å². The topological polar surface area (TPSA) is 12.0 Å². The molecule has 1 atom stereocenters. The number of benzene rings is 1. The Balaban J connectivity index is 2.07. The van der Waals surface area contributed by atoms with E-state index in [0.717, 1.165) is 18.4 Å². The van der Waals surface area contributed by atoms with Crippen LogP contribution in [0, 0.1) is 11.8 Å². The second kappa shape index (κ2) is 5.68. The van der Waals surface area contributed by atoms with Crippen molar-refractivity contribution in [1.29, 1.82) is 0 Å². The van der Waals surface area contributed by atoms with Crippen molar-refractivity contribution in [2.45, 2.75) is 39.5 Å². The van der Waals surface area contributed by atoms with Gasteiger partial charge in [-0.1, -0.05) is 32.0 Å². The van der Waals surface area contributed by atoms with Crippen LogP contribution in [-0.4, -0.2) is 13.6 Å². The van der Waals surface area contributed by atoms with E-state index in [1.54, 1.807) is 11.1 Å². The number of rotatable bonds is 5. The van der Waals surface area contributed by atoms with E-state index in [0.29, 0.717) is 0 Å². The predicted molar refractivity (Wildman–Crippen MR) is 74.4 cm³/mol.